The summed E-state index contributed by atoms with van der Waals surface area (Å²) in [5.41, 5.74) is 0.249. The van der Waals surface area contributed by atoms with E-state index in [1.165, 1.54) is 11.3 Å². The van der Waals surface area contributed by atoms with Gasteiger partial charge in [-0.05, 0) is 18.4 Å². The van der Waals surface area contributed by atoms with Crippen LogP contribution in [0, 0.1) is 11.3 Å². The molecule has 1 amide bonds. The van der Waals surface area contributed by atoms with Crippen LogP contribution in [0.2, 0.25) is 5.02 Å². The number of amides is 1. The van der Waals surface area contributed by atoms with Crippen molar-refractivity contribution in [3.63, 3.8) is 0 Å². The summed E-state index contributed by atoms with van der Waals surface area (Å²) in [4.78, 5) is 30.5. The lowest BCUT2D eigenvalue weighted by Crippen LogP contribution is -2.40. The van der Waals surface area contributed by atoms with Crippen LogP contribution < -0.4 is 0 Å². The number of carbonyl (C=O) groups excluding carboxylic acids is 1. The van der Waals surface area contributed by atoms with Crippen molar-refractivity contribution in [2.75, 3.05) is 13.1 Å². The van der Waals surface area contributed by atoms with Gasteiger partial charge in [0.2, 0.25) is 0 Å². The first kappa shape index (κ1) is 17.9. The minimum atomic E-state index is -0.878. The maximum Gasteiger partial charge on any atom is 0.311 e. The van der Waals surface area contributed by atoms with Gasteiger partial charge in [0.25, 0.3) is 5.91 Å². The van der Waals surface area contributed by atoms with Crippen molar-refractivity contribution in [1.82, 2.24) is 9.88 Å². The quantitative estimate of drug-likeness (QED) is 0.871. The second-order valence-electron chi connectivity index (χ2n) is 6.61. The van der Waals surface area contributed by atoms with Gasteiger partial charge in [0.15, 0.2) is 0 Å². The number of aromatic nitrogens is 1. The summed E-state index contributed by atoms with van der Waals surface area (Å²) in [5.74, 6) is -1.11. The van der Waals surface area contributed by atoms with E-state index < -0.39 is 11.4 Å². The Labute approximate surface area is 155 Å². The van der Waals surface area contributed by atoms with Crippen molar-refractivity contribution in [3.05, 3.63) is 40.4 Å². The smallest absolute Gasteiger partial charge is 0.311 e. The van der Waals surface area contributed by atoms with Gasteiger partial charge in [0, 0.05) is 24.0 Å². The summed E-state index contributed by atoms with van der Waals surface area (Å²) in [6, 6.07) is 7.35. The summed E-state index contributed by atoms with van der Waals surface area (Å²) in [5, 5.41) is 12.6. The van der Waals surface area contributed by atoms with Crippen LogP contribution in [0.25, 0.3) is 10.6 Å². The summed E-state index contributed by atoms with van der Waals surface area (Å²) < 4.78 is 0. The molecule has 0 bridgehead atoms. The zero-order valence-corrected chi connectivity index (χ0v) is 15.6. The number of carbonyl (C=O) groups is 2. The van der Waals surface area contributed by atoms with Crippen molar-refractivity contribution in [1.29, 1.82) is 0 Å². The Kier molecular flexibility index (Phi) is 4.84. The Morgan fingerprint density at radius 3 is 2.68 bits per heavy atom. The van der Waals surface area contributed by atoms with Crippen molar-refractivity contribution in [2.45, 2.75) is 20.3 Å². The zero-order chi connectivity index (χ0) is 18.2. The lowest BCUT2D eigenvalue weighted by Gasteiger charge is -2.28. The van der Waals surface area contributed by atoms with E-state index in [2.05, 4.69) is 4.98 Å². The van der Waals surface area contributed by atoms with Gasteiger partial charge in [-0.2, -0.15) is 0 Å². The molecule has 0 aliphatic carbocycles. The van der Waals surface area contributed by atoms with Gasteiger partial charge in [-0.3, -0.25) is 9.59 Å². The molecule has 2 heterocycles. The molecule has 0 spiro atoms. The Bertz CT molecular complexity index is 820. The maximum absolute atomic E-state index is 12.8. The molecule has 1 N–H and O–H groups in total. The molecule has 1 atom stereocenters. The topological polar surface area (TPSA) is 70.5 Å². The second kappa shape index (κ2) is 6.77. The van der Waals surface area contributed by atoms with Crippen LogP contribution in [0.5, 0.6) is 0 Å². The number of thiazole rings is 1. The fraction of sp³-hybridized carbons (Fsp3) is 0.389. The van der Waals surface area contributed by atoms with Gasteiger partial charge < -0.3 is 10.0 Å². The van der Waals surface area contributed by atoms with Gasteiger partial charge in [0.1, 0.15) is 10.7 Å². The normalized spacial score (nSPS) is 20.2. The SMILES string of the molecule is CC(C)C1(C(=O)O)CCN(C(=O)c2csc(-c3ccccc3Cl)n2)C1. The highest BCUT2D eigenvalue weighted by Crippen LogP contribution is 2.39. The molecule has 0 radical (unpaired) electrons. The molecule has 2 aromatic rings. The van der Waals surface area contributed by atoms with Crippen molar-refractivity contribution < 1.29 is 14.7 Å². The van der Waals surface area contributed by atoms with E-state index in [-0.39, 0.29) is 18.4 Å². The molecule has 1 aromatic carbocycles. The minimum Gasteiger partial charge on any atom is -0.481 e. The highest BCUT2D eigenvalue weighted by atomic mass is 35.5. The molecular formula is C18H19ClN2O3S. The Hall–Kier alpha value is -1.92. The third-order valence-corrected chi connectivity index (χ3v) is 6.15. The average molecular weight is 379 g/mol. The van der Waals surface area contributed by atoms with E-state index >= 15 is 0 Å². The number of halogens is 1. The predicted octanol–water partition coefficient (Wildman–Crippen LogP) is 4.04. The number of rotatable bonds is 4. The van der Waals surface area contributed by atoms with Crippen LogP contribution in [0.15, 0.2) is 29.6 Å². The molecule has 1 aliphatic heterocycles. The van der Waals surface area contributed by atoms with Crippen LogP contribution in [-0.4, -0.2) is 40.0 Å². The number of benzene rings is 1. The number of likely N-dealkylation sites (tertiary alicyclic amines) is 1. The molecular weight excluding hydrogens is 360 g/mol. The molecule has 1 unspecified atom stereocenters. The number of carboxylic acid groups (broad SMARTS) is 1. The predicted molar refractivity (Wildman–Crippen MR) is 98.0 cm³/mol. The van der Waals surface area contributed by atoms with Gasteiger partial charge in [0.05, 0.1) is 10.4 Å². The van der Waals surface area contributed by atoms with E-state index in [4.69, 9.17) is 11.6 Å². The highest BCUT2D eigenvalue weighted by Gasteiger charge is 2.48. The first-order valence-corrected chi connectivity index (χ1v) is 9.34. The molecule has 25 heavy (non-hydrogen) atoms. The Morgan fingerprint density at radius 1 is 1.36 bits per heavy atom. The van der Waals surface area contributed by atoms with E-state index in [9.17, 15) is 14.7 Å². The van der Waals surface area contributed by atoms with Gasteiger partial charge >= 0.3 is 5.97 Å². The monoisotopic (exact) mass is 378 g/mol. The largest absolute Gasteiger partial charge is 0.481 e. The number of aliphatic carboxylic acids is 1. The molecule has 1 saturated heterocycles. The van der Waals surface area contributed by atoms with Crippen molar-refractivity contribution in [3.8, 4) is 10.6 Å². The maximum atomic E-state index is 12.8. The van der Waals surface area contributed by atoms with E-state index in [0.717, 1.165) is 5.56 Å². The Morgan fingerprint density at radius 2 is 2.08 bits per heavy atom. The van der Waals surface area contributed by atoms with Gasteiger partial charge in [-0.1, -0.05) is 43.6 Å². The summed E-state index contributed by atoms with van der Waals surface area (Å²) in [6.45, 7) is 4.43. The van der Waals surface area contributed by atoms with Crippen LogP contribution in [0.3, 0.4) is 0 Å². The average Bonchev–Trinajstić information content (AvgIpc) is 3.23. The number of hydrogen-bond donors (Lipinski definition) is 1. The Balaban J connectivity index is 1.82. The summed E-state index contributed by atoms with van der Waals surface area (Å²) in [6.07, 6.45) is 0.466. The standard InChI is InChI=1S/C18H19ClN2O3S/c1-11(2)18(17(23)24)7-8-21(10-18)16(22)14-9-25-15(20-14)12-5-3-4-6-13(12)19/h3-6,9,11H,7-8,10H2,1-2H3,(H,23,24). The van der Waals surface area contributed by atoms with Crippen molar-refractivity contribution >= 4 is 34.8 Å². The lowest BCUT2D eigenvalue weighted by atomic mass is 9.76. The van der Waals surface area contributed by atoms with Crippen molar-refractivity contribution in [2.24, 2.45) is 11.3 Å². The third kappa shape index (κ3) is 3.16. The van der Waals surface area contributed by atoms with Crippen LogP contribution in [0.4, 0.5) is 0 Å². The number of hydrogen-bond acceptors (Lipinski definition) is 4. The van der Waals surface area contributed by atoms with Crippen LogP contribution in [-0.2, 0) is 4.79 Å². The second-order valence-corrected chi connectivity index (χ2v) is 7.88. The first-order valence-electron chi connectivity index (χ1n) is 8.08. The molecule has 1 fully saturated rings. The highest BCUT2D eigenvalue weighted by molar-refractivity contribution is 7.13. The fourth-order valence-electron chi connectivity index (χ4n) is 3.19. The lowest BCUT2D eigenvalue weighted by molar-refractivity contribution is -0.150. The fourth-order valence-corrected chi connectivity index (χ4v) is 4.31. The van der Waals surface area contributed by atoms with E-state index in [1.54, 1.807) is 16.3 Å². The van der Waals surface area contributed by atoms with Crippen LogP contribution >= 0.6 is 22.9 Å². The van der Waals surface area contributed by atoms with Gasteiger partial charge in [-0.15, -0.1) is 11.3 Å². The van der Waals surface area contributed by atoms with E-state index in [0.29, 0.717) is 28.7 Å². The molecule has 1 aliphatic rings. The molecule has 7 heteroatoms. The first-order chi connectivity index (χ1) is 11.8. The molecule has 3 rings (SSSR count). The minimum absolute atomic E-state index is 0.0445. The van der Waals surface area contributed by atoms with Crippen LogP contribution in [0.1, 0.15) is 30.8 Å². The molecule has 5 nitrogen and oxygen atoms in total. The summed E-state index contributed by atoms with van der Waals surface area (Å²) in [7, 11) is 0. The molecule has 1 aromatic heterocycles. The van der Waals surface area contributed by atoms with Gasteiger partial charge in [-0.25, -0.2) is 4.98 Å². The summed E-state index contributed by atoms with van der Waals surface area (Å²) >= 11 is 7.54. The van der Waals surface area contributed by atoms with E-state index in [1.807, 2.05) is 32.0 Å². The number of nitrogens with zero attached hydrogens (tertiary/aromatic N) is 2. The molecule has 0 saturated carbocycles. The third-order valence-electron chi connectivity index (χ3n) is 4.95. The zero-order valence-electron chi connectivity index (χ0n) is 14.0. The molecule has 132 valence electrons. The number of carboxylic acids is 1.